The van der Waals surface area contributed by atoms with Crippen LogP contribution >= 0.6 is 0 Å². The molecule has 1 fully saturated rings. The molecule has 0 bridgehead atoms. The minimum Gasteiger partial charge on any atom is -0.386 e. The zero-order valence-electron chi connectivity index (χ0n) is 9.37. The van der Waals surface area contributed by atoms with Gasteiger partial charge in [-0.25, -0.2) is 5.01 Å². The van der Waals surface area contributed by atoms with Crippen LogP contribution in [-0.2, 0) is 0 Å². The first-order valence-corrected chi connectivity index (χ1v) is 5.45. The van der Waals surface area contributed by atoms with Gasteiger partial charge >= 0.3 is 0 Å². The Balaban J connectivity index is 2.33. The van der Waals surface area contributed by atoms with Gasteiger partial charge in [-0.15, -0.1) is 0 Å². The maximum atomic E-state index is 5.56. The molecule has 0 saturated carbocycles. The van der Waals surface area contributed by atoms with E-state index in [1.54, 1.807) is 0 Å². The lowest BCUT2D eigenvalue weighted by Crippen LogP contribution is -2.51. The molecule has 0 aromatic rings. The highest BCUT2D eigenvalue weighted by atomic mass is 15.5. The molecule has 1 aliphatic heterocycles. The molecule has 6 nitrogen and oxygen atoms in total. The molecule has 6 heteroatoms. The Morgan fingerprint density at radius 3 is 3.00 bits per heavy atom. The highest BCUT2D eigenvalue weighted by molar-refractivity contribution is 5.80. The molecule has 0 radical (unpaired) electrons. The highest BCUT2D eigenvalue weighted by Crippen LogP contribution is 2.08. The molecule has 6 N–H and O–H groups in total. The molecule has 0 amide bonds. The Bertz CT molecular complexity index is 199. The predicted octanol–water partition coefficient (Wildman–Crippen LogP) is -1.20. The summed E-state index contributed by atoms with van der Waals surface area (Å²) in [5.74, 6) is 5.59. The molecule has 88 valence electrons. The molecule has 1 aliphatic rings. The monoisotopic (exact) mass is 214 g/mol. The molecule has 0 aromatic carbocycles. The Morgan fingerprint density at radius 2 is 2.47 bits per heavy atom. The average molecular weight is 214 g/mol. The van der Waals surface area contributed by atoms with Crippen LogP contribution in [-0.4, -0.2) is 43.6 Å². The van der Waals surface area contributed by atoms with Crippen molar-refractivity contribution in [1.82, 2.24) is 15.8 Å². The zero-order chi connectivity index (χ0) is 11.1. The largest absolute Gasteiger partial charge is 0.386 e. The third kappa shape index (κ3) is 4.03. The van der Waals surface area contributed by atoms with Gasteiger partial charge in [0.1, 0.15) is 5.84 Å². The van der Waals surface area contributed by atoms with E-state index in [-0.39, 0.29) is 0 Å². The van der Waals surface area contributed by atoms with Crippen molar-refractivity contribution in [3.63, 3.8) is 0 Å². The second-order valence-electron chi connectivity index (χ2n) is 3.79. The molecular weight excluding hydrogens is 192 g/mol. The van der Waals surface area contributed by atoms with E-state index in [1.165, 1.54) is 12.8 Å². The number of nitrogens with one attached hydrogen (secondary N) is 2. The lowest BCUT2D eigenvalue weighted by molar-refractivity contribution is 0.120. The van der Waals surface area contributed by atoms with Crippen LogP contribution in [0.25, 0.3) is 0 Å². The number of rotatable bonds is 5. The minimum atomic E-state index is 0.499. The fourth-order valence-electron chi connectivity index (χ4n) is 1.88. The van der Waals surface area contributed by atoms with Crippen LogP contribution < -0.4 is 22.3 Å². The number of piperidine rings is 1. The van der Waals surface area contributed by atoms with Gasteiger partial charge in [0.05, 0.1) is 0 Å². The van der Waals surface area contributed by atoms with Crippen molar-refractivity contribution >= 4 is 5.84 Å². The third-order valence-electron chi connectivity index (χ3n) is 2.77. The number of nitrogens with zero attached hydrogens (tertiary/aromatic N) is 2. The van der Waals surface area contributed by atoms with Crippen LogP contribution in [0.5, 0.6) is 0 Å². The van der Waals surface area contributed by atoms with Crippen molar-refractivity contribution in [3.05, 3.63) is 0 Å². The molecule has 0 unspecified atom stereocenters. The molecule has 1 rings (SSSR count). The molecule has 0 aromatic heterocycles. The number of hydrazine groups is 1. The summed E-state index contributed by atoms with van der Waals surface area (Å²) in [6.07, 6.45) is 3.14. The summed E-state index contributed by atoms with van der Waals surface area (Å²) in [4.78, 5) is 0. The smallest absolute Gasteiger partial charge is 0.120 e. The highest BCUT2D eigenvalue weighted by Gasteiger charge is 2.19. The summed E-state index contributed by atoms with van der Waals surface area (Å²) in [6.45, 7) is 3.00. The number of hydrazone groups is 1. The van der Waals surface area contributed by atoms with Crippen LogP contribution in [0.15, 0.2) is 5.10 Å². The van der Waals surface area contributed by atoms with E-state index in [1.807, 2.05) is 7.05 Å². The van der Waals surface area contributed by atoms with E-state index in [9.17, 15) is 0 Å². The Labute approximate surface area is 91.0 Å². The Morgan fingerprint density at radius 1 is 1.67 bits per heavy atom. The molecule has 15 heavy (non-hydrogen) atoms. The summed E-state index contributed by atoms with van der Waals surface area (Å²) in [6, 6.07) is 0.536. The van der Waals surface area contributed by atoms with E-state index >= 15 is 0 Å². The standard InChI is InChI=1S/C9H22N6/c1-12-15(6-4-9(10)14-11)8-3-2-5-13-7-8/h8,12-13H,2-7,11H2,1H3,(H2,10,14)/t8-/m1/s1. The summed E-state index contributed by atoms with van der Waals surface area (Å²) in [5.41, 5.74) is 8.75. The average Bonchev–Trinajstić information content (AvgIpc) is 2.31. The SMILES string of the molecule is CNN(CC/C(N)=N\N)[C@@H]1CCCNC1. The van der Waals surface area contributed by atoms with Crippen molar-refractivity contribution in [2.24, 2.45) is 16.7 Å². The summed E-state index contributed by atoms with van der Waals surface area (Å²) >= 11 is 0. The number of hydrogen-bond donors (Lipinski definition) is 4. The molecular formula is C9H22N6. The molecule has 0 spiro atoms. The van der Waals surface area contributed by atoms with E-state index in [2.05, 4.69) is 20.9 Å². The van der Waals surface area contributed by atoms with E-state index in [0.717, 1.165) is 19.6 Å². The van der Waals surface area contributed by atoms with Crippen molar-refractivity contribution < 1.29 is 0 Å². The number of hydrogen-bond acceptors (Lipinski definition) is 5. The van der Waals surface area contributed by atoms with Gasteiger partial charge in [-0.05, 0) is 26.4 Å². The van der Waals surface area contributed by atoms with Crippen molar-refractivity contribution in [1.29, 1.82) is 0 Å². The normalized spacial score (nSPS) is 23.3. The lowest BCUT2D eigenvalue weighted by Gasteiger charge is -2.33. The lowest BCUT2D eigenvalue weighted by atomic mass is 10.1. The quantitative estimate of drug-likeness (QED) is 0.200. The van der Waals surface area contributed by atoms with Crippen LogP contribution in [0.2, 0.25) is 0 Å². The number of amidine groups is 1. The van der Waals surface area contributed by atoms with Gasteiger partial charge in [0, 0.05) is 25.6 Å². The van der Waals surface area contributed by atoms with E-state index in [0.29, 0.717) is 18.3 Å². The fourth-order valence-corrected chi connectivity index (χ4v) is 1.88. The Kier molecular flexibility index (Phi) is 5.38. The summed E-state index contributed by atoms with van der Waals surface area (Å²) in [5, 5.41) is 9.05. The fraction of sp³-hybridized carbons (Fsp3) is 0.889. The van der Waals surface area contributed by atoms with E-state index < -0.39 is 0 Å². The van der Waals surface area contributed by atoms with Crippen molar-refractivity contribution in [2.75, 3.05) is 26.7 Å². The van der Waals surface area contributed by atoms with Crippen molar-refractivity contribution in [2.45, 2.75) is 25.3 Å². The van der Waals surface area contributed by atoms with Crippen LogP contribution in [0.1, 0.15) is 19.3 Å². The van der Waals surface area contributed by atoms with Gasteiger partial charge in [-0.1, -0.05) is 0 Å². The predicted molar refractivity (Wildman–Crippen MR) is 62.1 cm³/mol. The molecule has 1 atom stereocenters. The summed E-state index contributed by atoms with van der Waals surface area (Å²) < 4.78 is 0. The van der Waals surface area contributed by atoms with Gasteiger partial charge in [-0.3, -0.25) is 5.43 Å². The molecule has 0 aliphatic carbocycles. The number of nitrogens with two attached hydrogens (primary N) is 2. The van der Waals surface area contributed by atoms with Gasteiger partial charge in [-0.2, -0.15) is 5.10 Å². The van der Waals surface area contributed by atoms with Gasteiger partial charge in [0.2, 0.25) is 0 Å². The molecule has 1 heterocycles. The van der Waals surface area contributed by atoms with Gasteiger partial charge < -0.3 is 16.9 Å². The first-order valence-electron chi connectivity index (χ1n) is 5.45. The van der Waals surface area contributed by atoms with E-state index in [4.69, 9.17) is 11.6 Å². The second kappa shape index (κ2) is 6.60. The zero-order valence-corrected chi connectivity index (χ0v) is 9.37. The van der Waals surface area contributed by atoms with Crippen LogP contribution in [0.4, 0.5) is 0 Å². The van der Waals surface area contributed by atoms with Crippen molar-refractivity contribution in [3.8, 4) is 0 Å². The van der Waals surface area contributed by atoms with Crippen LogP contribution in [0, 0.1) is 0 Å². The van der Waals surface area contributed by atoms with Gasteiger partial charge in [0.25, 0.3) is 0 Å². The Hall–Kier alpha value is -0.850. The van der Waals surface area contributed by atoms with Crippen LogP contribution in [0.3, 0.4) is 0 Å². The maximum Gasteiger partial charge on any atom is 0.120 e. The maximum absolute atomic E-state index is 5.56. The summed E-state index contributed by atoms with van der Waals surface area (Å²) in [7, 11) is 1.93. The van der Waals surface area contributed by atoms with Gasteiger partial charge in [0.15, 0.2) is 0 Å². The minimum absolute atomic E-state index is 0.499. The third-order valence-corrected chi connectivity index (χ3v) is 2.77. The topological polar surface area (TPSA) is 91.7 Å². The first kappa shape index (κ1) is 12.2. The molecule has 1 saturated heterocycles. The first-order chi connectivity index (χ1) is 7.27. The second-order valence-corrected chi connectivity index (χ2v) is 3.79.